The molecule has 8 heteroatoms. The molecule has 8 nitrogen and oxygen atoms in total. The van der Waals surface area contributed by atoms with Crippen LogP contribution in [0, 0.1) is 6.92 Å². The first kappa shape index (κ1) is 17.6. The topological polar surface area (TPSA) is 83.4 Å². The number of carbonyl (C=O) groups is 1. The largest absolute Gasteiger partial charge is 0.354 e. The summed E-state index contributed by atoms with van der Waals surface area (Å²) < 4.78 is 1.90. The number of anilines is 1. The van der Waals surface area contributed by atoms with Crippen molar-refractivity contribution in [2.24, 2.45) is 0 Å². The maximum atomic E-state index is 12.7. The van der Waals surface area contributed by atoms with Gasteiger partial charge in [-0.15, -0.1) is 0 Å². The molecule has 2 aromatic heterocycles. The first-order valence-electron chi connectivity index (χ1n) is 10.2. The Bertz CT molecular complexity index is 975. The van der Waals surface area contributed by atoms with Crippen molar-refractivity contribution < 1.29 is 4.79 Å². The van der Waals surface area contributed by atoms with Crippen LogP contribution in [-0.2, 0) is 4.79 Å². The highest BCUT2D eigenvalue weighted by Crippen LogP contribution is 2.31. The molecule has 0 atom stereocenters. The zero-order valence-corrected chi connectivity index (χ0v) is 16.2. The van der Waals surface area contributed by atoms with Crippen LogP contribution in [0.2, 0.25) is 0 Å². The van der Waals surface area contributed by atoms with Gasteiger partial charge in [-0.05, 0) is 25.3 Å². The van der Waals surface area contributed by atoms with Crippen LogP contribution in [0.4, 0.5) is 5.95 Å². The number of nitrogens with zero attached hydrogens (tertiary/aromatic N) is 5. The molecule has 148 valence electrons. The fraction of sp³-hybridized carbons (Fsp3) is 0.600. The summed E-state index contributed by atoms with van der Waals surface area (Å²) in [6.07, 6.45) is 6.28. The molecule has 2 aromatic rings. The summed E-state index contributed by atoms with van der Waals surface area (Å²) in [5.41, 5.74) is 1.74. The molecule has 2 aliphatic heterocycles. The Morgan fingerprint density at radius 3 is 2.68 bits per heavy atom. The molecule has 4 heterocycles. The van der Waals surface area contributed by atoms with Gasteiger partial charge in [-0.2, -0.15) is 4.98 Å². The van der Waals surface area contributed by atoms with E-state index in [0.717, 1.165) is 55.6 Å². The number of fused-ring (bicyclic) bond motifs is 1. The smallest absolute Gasteiger partial charge is 0.252 e. The van der Waals surface area contributed by atoms with E-state index in [1.807, 2.05) is 17.7 Å². The van der Waals surface area contributed by atoms with Crippen molar-refractivity contribution >= 4 is 22.9 Å². The number of aromatic nitrogens is 3. The molecule has 1 N–H and O–H groups in total. The number of piperazine rings is 1. The minimum Gasteiger partial charge on any atom is -0.354 e. The van der Waals surface area contributed by atoms with E-state index in [9.17, 15) is 9.59 Å². The number of hydrogen-bond donors (Lipinski definition) is 1. The van der Waals surface area contributed by atoms with Gasteiger partial charge in [0.05, 0.1) is 6.54 Å². The van der Waals surface area contributed by atoms with Crippen LogP contribution >= 0.6 is 0 Å². The Morgan fingerprint density at radius 1 is 1.14 bits per heavy atom. The van der Waals surface area contributed by atoms with E-state index in [0.29, 0.717) is 18.5 Å². The van der Waals surface area contributed by atoms with Gasteiger partial charge in [-0.3, -0.25) is 19.1 Å². The van der Waals surface area contributed by atoms with Crippen molar-refractivity contribution in [3.8, 4) is 0 Å². The molecular formula is C20H26N6O2. The van der Waals surface area contributed by atoms with E-state index in [-0.39, 0.29) is 17.5 Å². The highest BCUT2D eigenvalue weighted by Gasteiger charge is 2.35. The van der Waals surface area contributed by atoms with E-state index in [2.05, 4.69) is 20.1 Å². The van der Waals surface area contributed by atoms with Crippen LogP contribution < -0.4 is 15.8 Å². The van der Waals surface area contributed by atoms with Gasteiger partial charge in [0.15, 0.2) is 0 Å². The van der Waals surface area contributed by atoms with Crippen LogP contribution in [0.1, 0.15) is 37.3 Å². The van der Waals surface area contributed by atoms with Gasteiger partial charge in [-0.1, -0.05) is 12.8 Å². The van der Waals surface area contributed by atoms with Crippen LogP contribution in [0.25, 0.3) is 11.0 Å². The first-order valence-corrected chi connectivity index (χ1v) is 10.2. The number of aryl methyl sites for hydroxylation is 1. The second-order valence-electron chi connectivity index (χ2n) is 8.26. The third-order valence-electron chi connectivity index (χ3n) is 6.41. The summed E-state index contributed by atoms with van der Waals surface area (Å²) in [5, 5.41) is 3.83. The normalized spacial score (nSPS) is 21.9. The van der Waals surface area contributed by atoms with E-state index < -0.39 is 0 Å². The van der Waals surface area contributed by atoms with Gasteiger partial charge in [0.2, 0.25) is 11.9 Å². The molecule has 3 fully saturated rings. The molecule has 2 saturated heterocycles. The summed E-state index contributed by atoms with van der Waals surface area (Å²) in [4.78, 5) is 38.2. The molecule has 5 rings (SSSR count). The predicted molar refractivity (Wildman–Crippen MR) is 107 cm³/mol. The zero-order chi connectivity index (χ0) is 19.3. The molecule has 0 radical (unpaired) electrons. The molecule has 0 spiro atoms. The summed E-state index contributed by atoms with van der Waals surface area (Å²) in [6.45, 7) is 5.67. The Balaban J connectivity index is 1.43. The SMILES string of the molecule is Cc1cc(=O)n(C2CCCC2)c2nc(N3CC(N4CCNC(=O)C4)C3)ncc12. The second-order valence-corrected chi connectivity index (χ2v) is 8.26. The average Bonchev–Trinajstić information content (AvgIpc) is 3.14. The summed E-state index contributed by atoms with van der Waals surface area (Å²) in [5.74, 6) is 0.782. The Kier molecular flexibility index (Phi) is 4.30. The molecule has 0 bridgehead atoms. The van der Waals surface area contributed by atoms with Gasteiger partial charge in [-0.25, -0.2) is 4.98 Å². The van der Waals surface area contributed by atoms with Gasteiger partial charge in [0.25, 0.3) is 5.56 Å². The van der Waals surface area contributed by atoms with Crippen LogP contribution in [0.3, 0.4) is 0 Å². The standard InChI is InChI=1S/C20H26N6O2/c1-13-8-18(28)26(14-4-2-3-5-14)19-16(13)9-22-20(23-19)25-10-15(11-25)24-7-6-21-17(27)12-24/h8-9,14-15H,2-7,10-12H2,1H3,(H,21,27). The van der Waals surface area contributed by atoms with Crippen molar-refractivity contribution in [2.75, 3.05) is 37.6 Å². The first-order chi connectivity index (χ1) is 13.6. The van der Waals surface area contributed by atoms with E-state index in [1.165, 1.54) is 12.8 Å². The average molecular weight is 382 g/mol. The Labute approximate surface area is 163 Å². The Morgan fingerprint density at radius 2 is 1.93 bits per heavy atom. The summed E-state index contributed by atoms with van der Waals surface area (Å²) in [7, 11) is 0. The van der Waals surface area contributed by atoms with E-state index >= 15 is 0 Å². The fourth-order valence-electron chi connectivity index (χ4n) is 4.75. The molecular weight excluding hydrogens is 356 g/mol. The quantitative estimate of drug-likeness (QED) is 0.847. The maximum Gasteiger partial charge on any atom is 0.252 e. The minimum atomic E-state index is 0.0439. The highest BCUT2D eigenvalue weighted by atomic mass is 16.2. The van der Waals surface area contributed by atoms with Gasteiger partial charge in [0, 0.05) is 55.9 Å². The van der Waals surface area contributed by atoms with Crippen LogP contribution in [0.5, 0.6) is 0 Å². The minimum absolute atomic E-state index is 0.0439. The summed E-state index contributed by atoms with van der Waals surface area (Å²) in [6, 6.07) is 2.32. The lowest BCUT2D eigenvalue weighted by Crippen LogP contribution is -2.64. The van der Waals surface area contributed by atoms with Crippen molar-refractivity contribution in [1.82, 2.24) is 24.8 Å². The fourth-order valence-corrected chi connectivity index (χ4v) is 4.75. The molecule has 0 unspecified atom stereocenters. The molecule has 3 aliphatic rings. The lowest BCUT2D eigenvalue weighted by Gasteiger charge is -2.46. The molecule has 1 aliphatic carbocycles. The van der Waals surface area contributed by atoms with Crippen molar-refractivity contribution in [2.45, 2.75) is 44.7 Å². The van der Waals surface area contributed by atoms with E-state index in [1.54, 1.807) is 6.07 Å². The lowest BCUT2D eigenvalue weighted by atomic mass is 10.1. The number of amides is 1. The molecule has 1 saturated carbocycles. The molecule has 28 heavy (non-hydrogen) atoms. The van der Waals surface area contributed by atoms with Crippen LogP contribution in [-0.4, -0.2) is 64.1 Å². The number of hydrogen-bond acceptors (Lipinski definition) is 6. The van der Waals surface area contributed by atoms with Crippen LogP contribution in [0.15, 0.2) is 17.1 Å². The Hall–Kier alpha value is -2.48. The third-order valence-corrected chi connectivity index (χ3v) is 6.41. The zero-order valence-electron chi connectivity index (χ0n) is 16.2. The third kappa shape index (κ3) is 2.96. The van der Waals surface area contributed by atoms with E-state index in [4.69, 9.17) is 4.98 Å². The van der Waals surface area contributed by atoms with Crippen molar-refractivity contribution in [3.05, 3.63) is 28.2 Å². The summed E-state index contributed by atoms with van der Waals surface area (Å²) >= 11 is 0. The van der Waals surface area contributed by atoms with Crippen molar-refractivity contribution in [3.63, 3.8) is 0 Å². The lowest BCUT2D eigenvalue weighted by molar-refractivity contribution is -0.125. The number of carbonyl (C=O) groups excluding carboxylic acids is 1. The second kappa shape index (κ2) is 6.84. The van der Waals surface area contributed by atoms with Gasteiger partial charge < -0.3 is 10.2 Å². The molecule has 1 amide bonds. The molecule has 0 aromatic carbocycles. The number of rotatable bonds is 3. The van der Waals surface area contributed by atoms with Crippen molar-refractivity contribution in [1.29, 1.82) is 0 Å². The highest BCUT2D eigenvalue weighted by molar-refractivity contribution is 5.79. The number of nitrogens with one attached hydrogen (secondary N) is 1. The predicted octanol–water partition coefficient (Wildman–Crippen LogP) is 0.835. The maximum absolute atomic E-state index is 12.7. The number of pyridine rings is 1. The van der Waals surface area contributed by atoms with Gasteiger partial charge in [0.1, 0.15) is 5.65 Å². The van der Waals surface area contributed by atoms with Gasteiger partial charge >= 0.3 is 0 Å². The monoisotopic (exact) mass is 382 g/mol.